The SMILES string of the molecule is CC(C)[C@H](NNC(=O)OCc1ccccc1)c1ncc(-c2ccc(-c3ccc(-c4cnc([C@@H]5CCCN5)[nH]4)cc3)cc2)[nH]1. The molecule has 1 amide bonds. The maximum absolute atomic E-state index is 12.3. The highest BCUT2D eigenvalue weighted by Gasteiger charge is 2.21. The number of hydrogen-bond acceptors (Lipinski definition) is 6. The zero-order valence-electron chi connectivity index (χ0n) is 24.4. The standard InChI is InChI=1S/C34H37N7O2/c1-22(2)31(40-41-34(42)43-21-23-7-4-3-5-8-23)33-37-20-30(39-33)27-16-12-25(13-17-27)24-10-14-26(15-11-24)29-19-36-32(38-29)28-9-6-18-35-28/h3-5,7-8,10-17,19-20,22,28,31,35,40H,6,9,18,21H2,1-2H3,(H,36,38)(H,37,39)(H,41,42)/t28-,31-/m0/s1. The van der Waals surface area contributed by atoms with Gasteiger partial charge in [-0.1, -0.05) is 92.7 Å². The predicted molar refractivity (Wildman–Crippen MR) is 167 cm³/mol. The molecular formula is C34H37N7O2. The number of amides is 1. The van der Waals surface area contributed by atoms with E-state index in [0.717, 1.165) is 63.8 Å². The average Bonchev–Trinajstić information content (AvgIpc) is 3.83. The van der Waals surface area contributed by atoms with Gasteiger partial charge in [0.1, 0.15) is 18.3 Å². The molecule has 0 aliphatic carbocycles. The van der Waals surface area contributed by atoms with Crippen LogP contribution in [0.1, 0.15) is 56.0 Å². The van der Waals surface area contributed by atoms with E-state index in [4.69, 9.17) is 4.74 Å². The van der Waals surface area contributed by atoms with Crippen molar-refractivity contribution in [1.29, 1.82) is 0 Å². The summed E-state index contributed by atoms with van der Waals surface area (Å²) in [6, 6.07) is 26.6. The second kappa shape index (κ2) is 13.1. The summed E-state index contributed by atoms with van der Waals surface area (Å²) in [5.74, 6) is 1.91. The van der Waals surface area contributed by atoms with Crippen molar-refractivity contribution in [2.75, 3.05) is 6.54 Å². The Morgan fingerprint density at radius 3 is 2.12 bits per heavy atom. The second-order valence-electron chi connectivity index (χ2n) is 11.2. The summed E-state index contributed by atoms with van der Waals surface area (Å²) in [5, 5.41) is 3.49. The van der Waals surface area contributed by atoms with Gasteiger partial charge in [0.15, 0.2) is 0 Å². The molecule has 0 bridgehead atoms. The summed E-state index contributed by atoms with van der Waals surface area (Å²) >= 11 is 0. The van der Waals surface area contributed by atoms with Crippen molar-refractivity contribution >= 4 is 6.09 Å². The molecule has 5 aromatic rings. The van der Waals surface area contributed by atoms with Gasteiger partial charge in [-0.2, -0.15) is 0 Å². The third kappa shape index (κ3) is 6.85. The number of rotatable bonds is 10. The van der Waals surface area contributed by atoms with E-state index in [1.54, 1.807) is 0 Å². The van der Waals surface area contributed by atoms with Crippen LogP contribution in [-0.2, 0) is 11.3 Å². The van der Waals surface area contributed by atoms with Gasteiger partial charge in [0.05, 0.1) is 35.9 Å². The fourth-order valence-corrected chi connectivity index (χ4v) is 5.35. The monoisotopic (exact) mass is 575 g/mol. The molecular weight excluding hydrogens is 538 g/mol. The van der Waals surface area contributed by atoms with Crippen molar-refractivity contribution in [2.24, 2.45) is 5.92 Å². The Balaban J connectivity index is 1.07. The van der Waals surface area contributed by atoms with E-state index in [2.05, 4.69) is 98.5 Å². The molecule has 3 heterocycles. The first-order chi connectivity index (χ1) is 21.0. The highest BCUT2D eigenvalue weighted by atomic mass is 16.6. The Hall–Kier alpha value is -4.73. The highest BCUT2D eigenvalue weighted by Crippen LogP contribution is 2.29. The lowest BCUT2D eigenvalue weighted by molar-refractivity contribution is 0.131. The molecule has 5 N–H and O–H groups in total. The van der Waals surface area contributed by atoms with Gasteiger partial charge in [0.25, 0.3) is 0 Å². The molecule has 1 saturated heterocycles. The van der Waals surface area contributed by atoms with Gasteiger partial charge in [-0.3, -0.25) is 5.43 Å². The summed E-state index contributed by atoms with van der Waals surface area (Å²) in [6.45, 7) is 5.38. The van der Waals surface area contributed by atoms with Crippen molar-refractivity contribution < 1.29 is 9.53 Å². The first-order valence-corrected chi connectivity index (χ1v) is 14.8. The fraction of sp³-hybridized carbons (Fsp3) is 0.265. The number of carbonyl (C=O) groups is 1. The molecule has 2 atom stereocenters. The lowest BCUT2D eigenvalue weighted by atomic mass is 10.0. The second-order valence-corrected chi connectivity index (χ2v) is 11.2. The molecule has 0 radical (unpaired) electrons. The Kier molecular flexibility index (Phi) is 8.62. The Morgan fingerprint density at radius 1 is 0.860 bits per heavy atom. The minimum atomic E-state index is -0.541. The summed E-state index contributed by atoms with van der Waals surface area (Å²) < 4.78 is 5.32. The number of imidazole rings is 2. The van der Waals surface area contributed by atoms with E-state index in [1.807, 2.05) is 42.7 Å². The van der Waals surface area contributed by atoms with Gasteiger partial charge in [-0.25, -0.2) is 20.2 Å². The minimum absolute atomic E-state index is 0.159. The summed E-state index contributed by atoms with van der Waals surface area (Å²) in [7, 11) is 0. The molecule has 9 nitrogen and oxygen atoms in total. The quantitative estimate of drug-likeness (QED) is 0.118. The van der Waals surface area contributed by atoms with E-state index < -0.39 is 6.09 Å². The Morgan fingerprint density at radius 2 is 1.49 bits per heavy atom. The van der Waals surface area contributed by atoms with Crippen LogP contribution in [0.2, 0.25) is 0 Å². The van der Waals surface area contributed by atoms with E-state index >= 15 is 0 Å². The van der Waals surface area contributed by atoms with Gasteiger partial charge in [-0.05, 0) is 53.1 Å². The number of aromatic amines is 2. The zero-order chi connectivity index (χ0) is 29.6. The van der Waals surface area contributed by atoms with Crippen LogP contribution in [0.3, 0.4) is 0 Å². The molecule has 0 saturated carbocycles. The highest BCUT2D eigenvalue weighted by molar-refractivity contribution is 5.71. The van der Waals surface area contributed by atoms with Crippen LogP contribution < -0.4 is 16.2 Å². The molecule has 1 fully saturated rings. The summed E-state index contributed by atoms with van der Waals surface area (Å²) in [5.41, 5.74) is 13.0. The molecule has 2 aromatic heterocycles. The van der Waals surface area contributed by atoms with Crippen molar-refractivity contribution in [1.82, 2.24) is 36.1 Å². The van der Waals surface area contributed by atoms with E-state index in [0.29, 0.717) is 6.04 Å². The first kappa shape index (κ1) is 28.4. The van der Waals surface area contributed by atoms with Crippen molar-refractivity contribution in [2.45, 2.75) is 45.4 Å². The Bertz CT molecular complexity index is 1620. The largest absolute Gasteiger partial charge is 0.444 e. The number of hydrazine groups is 1. The number of benzene rings is 3. The lowest BCUT2D eigenvalue weighted by Crippen LogP contribution is -2.42. The number of nitrogens with zero attached hydrogens (tertiary/aromatic N) is 2. The van der Waals surface area contributed by atoms with Gasteiger partial charge < -0.3 is 20.0 Å². The molecule has 0 unspecified atom stereocenters. The predicted octanol–water partition coefficient (Wildman–Crippen LogP) is 6.69. The molecule has 9 heteroatoms. The molecule has 3 aromatic carbocycles. The summed E-state index contributed by atoms with van der Waals surface area (Å²) in [6.07, 6.45) is 5.52. The number of ether oxygens (including phenoxy) is 1. The van der Waals surface area contributed by atoms with Crippen LogP contribution in [0.5, 0.6) is 0 Å². The molecule has 6 rings (SSSR count). The van der Waals surface area contributed by atoms with Gasteiger partial charge in [0.2, 0.25) is 0 Å². The van der Waals surface area contributed by atoms with Crippen molar-refractivity contribution in [3.05, 3.63) is 108 Å². The van der Waals surface area contributed by atoms with Crippen molar-refractivity contribution in [3.8, 4) is 33.6 Å². The Labute approximate surface area is 251 Å². The molecule has 0 spiro atoms. The number of aromatic nitrogens is 4. The van der Waals surface area contributed by atoms with Crippen molar-refractivity contribution in [3.63, 3.8) is 0 Å². The van der Waals surface area contributed by atoms with Crippen LogP contribution in [0.15, 0.2) is 91.3 Å². The van der Waals surface area contributed by atoms with Crippen LogP contribution in [0, 0.1) is 5.92 Å². The van der Waals surface area contributed by atoms with Gasteiger partial charge in [0, 0.05) is 0 Å². The molecule has 1 aliphatic rings. The maximum Gasteiger partial charge on any atom is 0.421 e. The van der Waals surface area contributed by atoms with Crippen LogP contribution in [-0.4, -0.2) is 32.6 Å². The van der Waals surface area contributed by atoms with Gasteiger partial charge >= 0.3 is 6.09 Å². The van der Waals surface area contributed by atoms with Crippen LogP contribution in [0.4, 0.5) is 4.79 Å². The van der Waals surface area contributed by atoms with E-state index in [1.165, 1.54) is 6.42 Å². The number of carbonyl (C=O) groups excluding carboxylic acids is 1. The summed E-state index contributed by atoms with van der Waals surface area (Å²) in [4.78, 5) is 28.4. The normalized spacial score (nSPS) is 15.5. The lowest BCUT2D eigenvalue weighted by Gasteiger charge is -2.20. The fourth-order valence-electron chi connectivity index (χ4n) is 5.35. The first-order valence-electron chi connectivity index (χ1n) is 14.8. The third-order valence-electron chi connectivity index (χ3n) is 7.81. The molecule has 1 aliphatic heterocycles. The number of H-pyrrole nitrogens is 2. The van der Waals surface area contributed by atoms with Gasteiger partial charge in [-0.15, -0.1) is 0 Å². The third-order valence-corrected chi connectivity index (χ3v) is 7.81. The maximum atomic E-state index is 12.3. The smallest absolute Gasteiger partial charge is 0.421 e. The topological polar surface area (TPSA) is 120 Å². The zero-order valence-corrected chi connectivity index (χ0v) is 24.4. The average molecular weight is 576 g/mol. The van der Waals surface area contributed by atoms with Crippen LogP contribution in [0.25, 0.3) is 33.6 Å². The van der Waals surface area contributed by atoms with E-state index in [-0.39, 0.29) is 18.6 Å². The number of nitrogens with one attached hydrogen (secondary N) is 5. The van der Waals surface area contributed by atoms with E-state index in [9.17, 15) is 4.79 Å². The minimum Gasteiger partial charge on any atom is -0.444 e. The molecule has 43 heavy (non-hydrogen) atoms. The van der Waals surface area contributed by atoms with Crippen LogP contribution >= 0.6 is 0 Å². The number of hydrogen-bond donors (Lipinski definition) is 5. The molecule has 220 valence electrons.